The maximum atomic E-state index is 14.9. The van der Waals surface area contributed by atoms with Crippen molar-refractivity contribution in [1.82, 2.24) is 24.6 Å². The summed E-state index contributed by atoms with van der Waals surface area (Å²) < 4.78 is 55.1. The Bertz CT molecular complexity index is 3620. The van der Waals surface area contributed by atoms with Crippen LogP contribution in [0, 0.1) is 27.4 Å². The SMILES string of the molecule is COc1cc(C[C@@H]2CCN(C3CC4(CCN(c5ccc(C(=O)NS(=O)(=O)c6ccc(NCC7CCC(C)(O)CC7)c([N+](=O)[O-])c6)c(N6c7cc8cc[nH]c8nc7O[C@H]7COCC[C@@H]76)c5)CC4)C3)[C@H](c3ccccc3C(C)C)C2)cnc1N1CCOCC1. The minimum atomic E-state index is -4.65. The molecule has 4 atom stereocenters. The van der Waals surface area contributed by atoms with Gasteiger partial charge in [-0.25, -0.2) is 18.1 Å². The molecule has 4 saturated heterocycles. The number of morpholine rings is 1. The highest BCUT2D eigenvalue weighted by Crippen LogP contribution is 2.55. The Morgan fingerprint density at radius 1 is 0.897 bits per heavy atom. The summed E-state index contributed by atoms with van der Waals surface area (Å²) in [4.78, 5) is 49.0. The number of hydrogen-bond donors (Lipinski definition) is 4. The smallest absolute Gasteiger partial charge is 0.293 e. The highest BCUT2D eigenvalue weighted by Gasteiger charge is 2.51. The topological polar surface area (TPSA) is 230 Å². The van der Waals surface area contributed by atoms with Crippen molar-refractivity contribution in [1.29, 1.82) is 0 Å². The molecule has 4 N–H and O–H groups in total. The number of aromatic amines is 1. The number of ether oxygens (including phenoxy) is 4. The fourth-order valence-corrected chi connectivity index (χ4v) is 16.3. The molecular weight excluding hydrogens is 1120 g/mol. The van der Waals surface area contributed by atoms with Gasteiger partial charge in [0, 0.05) is 80.9 Å². The summed E-state index contributed by atoms with van der Waals surface area (Å²) in [5.74, 6) is 2.28. The molecule has 1 spiro atoms. The van der Waals surface area contributed by atoms with E-state index in [1.54, 1.807) is 13.2 Å². The van der Waals surface area contributed by atoms with Crippen LogP contribution in [0.15, 0.2) is 96.2 Å². The number of nitro groups is 1. The number of fused-ring (bicyclic) bond motifs is 3. The van der Waals surface area contributed by atoms with Crippen molar-refractivity contribution in [3.8, 4) is 11.6 Å². The number of carbonyl (C=O) groups is 1. The van der Waals surface area contributed by atoms with Crippen molar-refractivity contribution >= 4 is 61.2 Å². The molecule has 7 aliphatic rings. The number of piperidine rings is 2. The van der Waals surface area contributed by atoms with Gasteiger partial charge < -0.3 is 49.1 Å². The van der Waals surface area contributed by atoms with Gasteiger partial charge in [-0.1, -0.05) is 38.1 Å². The summed E-state index contributed by atoms with van der Waals surface area (Å²) in [5, 5.41) is 26.9. The Kier molecular flexibility index (Phi) is 16.4. The first-order valence-electron chi connectivity index (χ1n) is 31.4. The van der Waals surface area contributed by atoms with E-state index in [2.05, 4.69) is 85.0 Å². The zero-order valence-electron chi connectivity index (χ0n) is 50.4. The number of hydrogen-bond acceptors (Lipinski definition) is 17. The summed E-state index contributed by atoms with van der Waals surface area (Å²) in [7, 11) is -2.91. The second-order valence-electron chi connectivity index (χ2n) is 26.2. The number of rotatable bonds is 16. The Balaban J connectivity index is 0.743. The van der Waals surface area contributed by atoms with Gasteiger partial charge in [0.05, 0.1) is 59.6 Å². The number of carbonyl (C=O) groups excluding carboxylic acids is 1. The van der Waals surface area contributed by atoms with E-state index in [-0.39, 0.29) is 28.6 Å². The number of benzene rings is 3. The van der Waals surface area contributed by atoms with E-state index in [9.17, 15) is 28.4 Å². The molecule has 13 rings (SSSR count). The number of methoxy groups -OCH3 is 1. The average Bonchev–Trinajstić information content (AvgIpc) is 1.53. The molecule has 3 aromatic carbocycles. The standard InChI is InChI=1S/C66H82N10O10S/c1-42(2)50-7-5-6-8-51(50)55-32-44(31-45-33-59(83-4)62(69-40-45)73-26-29-84-30-27-73)16-23-74(55)48-37-66(38-48)20-24-72(25-21-66)47-9-11-52(56(35-47)75-54-17-28-85-41-60(54)86-64-58(75)34-46-15-22-67-61(46)70-64)63(77)71-87(81,82)49-10-12-53(57(36-49)76(79)80)68-39-43-13-18-65(3,78)19-14-43/h5-12,15,22,33-36,40,42-44,48,54-55,60,68,78H,13-14,16-21,23-32,37-39,41H2,1-4H3,(H,67,70)(H,71,77)/t43?,44-,54-,55-,60-,65?/m0/s1. The first-order valence-corrected chi connectivity index (χ1v) is 32.9. The predicted octanol–water partition coefficient (Wildman–Crippen LogP) is 10.4. The zero-order valence-corrected chi connectivity index (χ0v) is 51.2. The third-order valence-corrected chi connectivity index (χ3v) is 21.6. The molecule has 0 radical (unpaired) electrons. The van der Waals surface area contributed by atoms with E-state index in [1.165, 1.54) is 28.8 Å². The van der Waals surface area contributed by atoms with Crippen LogP contribution in [0.3, 0.4) is 0 Å². The lowest BCUT2D eigenvalue weighted by Crippen LogP contribution is -2.57. The monoisotopic (exact) mass is 1210 g/mol. The fourth-order valence-electron chi connectivity index (χ4n) is 15.3. The largest absolute Gasteiger partial charge is 0.493 e. The van der Waals surface area contributed by atoms with Crippen LogP contribution in [0.25, 0.3) is 11.0 Å². The van der Waals surface area contributed by atoms with Crippen molar-refractivity contribution in [3.05, 3.63) is 124 Å². The lowest BCUT2D eigenvalue weighted by molar-refractivity contribution is -0.384. The minimum Gasteiger partial charge on any atom is -0.493 e. The Hall–Kier alpha value is -7.04. The van der Waals surface area contributed by atoms with Crippen LogP contribution in [0.4, 0.5) is 34.3 Å². The van der Waals surface area contributed by atoms with Crippen LogP contribution in [0.5, 0.6) is 11.6 Å². The van der Waals surface area contributed by atoms with Gasteiger partial charge in [-0.15, -0.1) is 0 Å². The normalized spacial score (nSPS) is 25.1. The maximum Gasteiger partial charge on any atom is 0.293 e. The molecule has 0 bridgehead atoms. The lowest BCUT2D eigenvalue weighted by Gasteiger charge is -2.58. The lowest BCUT2D eigenvalue weighted by atomic mass is 9.59. The Morgan fingerprint density at radius 3 is 2.46 bits per heavy atom. The summed E-state index contributed by atoms with van der Waals surface area (Å²) in [6.45, 7) is 13.3. The molecular formula is C66H82N10O10S. The first-order chi connectivity index (χ1) is 42.0. The van der Waals surface area contributed by atoms with Crippen LogP contribution in [0.1, 0.15) is 130 Å². The Labute approximate surface area is 509 Å². The number of amides is 1. The number of likely N-dealkylation sites (tertiary alicyclic amines) is 1. The van der Waals surface area contributed by atoms with Gasteiger partial charge in [-0.05, 0) is 179 Å². The molecule has 462 valence electrons. The number of pyridine rings is 2. The molecule has 6 fully saturated rings. The van der Waals surface area contributed by atoms with Crippen LogP contribution in [0.2, 0.25) is 0 Å². The van der Waals surface area contributed by atoms with Crippen LogP contribution >= 0.6 is 0 Å². The van der Waals surface area contributed by atoms with E-state index in [4.69, 9.17) is 28.9 Å². The average molecular weight is 1210 g/mol. The molecule has 2 saturated carbocycles. The molecule has 0 unspecified atom stereocenters. The van der Waals surface area contributed by atoms with Crippen molar-refractivity contribution < 1.29 is 42.2 Å². The van der Waals surface area contributed by atoms with Crippen LogP contribution in [-0.2, 0) is 25.9 Å². The number of nitro benzene ring substituents is 1. The van der Waals surface area contributed by atoms with Crippen molar-refractivity contribution in [2.75, 3.05) is 92.8 Å². The zero-order chi connectivity index (χ0) is 60.2. The quantitative estimate of drug-likeness (QED) is 0.0521. The predicted molar refractivity (Wildman–Crippen MR) is 334 cm³/mol. The number of nitrogens with one attached hydrogen (secondary N) is 3. The van der Waals surface area contributed by atoms with Gasteiger partial charge >= 0.3 is 0 Å². The van der Waals surface area contributed by atoms with Gasteiger partial charge in [-0.3, -0.25) is 19.8 Å². The maximum absolute atomic E-state index is 14.9. The van der Waals surface area contributed by atoms with E-state index >= 15 is 0 Å². The van der Waals surface area contributed by atoms with Gasteiger partial charge in [0.25, 0.3) is 21.6 Å². The number of anilines is 5. The van der Waals surface area contributed by atoms with Gasteiger partial charge in [0.15, 0.2) is 11.6 Å². The summed E-state index contributed by atoms with van der Waals surface area (Å²) >= 11 is 0. The molecule has 5 aliphatic heterocycles. The second-order valence-corrected chi connectivity index (χ2v) is 27.9. The highest BCUT2D eigenvalue weighted by molar-refractivity contribution is 7.90. The van der Waals surface area contributed by atoms with E-state index < -0.39 is 43.1 Å². The Morgan fingerprint density at radius 2 is 1.69 bits per heavy atom. The highest BCUT2D eigenvalue weighted by atomic mass is 32.2. The number of sulfonamides is 1. The van der Waals surface area contributed by atoms with Crippen LogP contribution in [-0.4, -0.2) is 141 Å². The molecule has 21 heteroatoms. The van der Waals surface area contributed by atoms with E-state index in [1.807, 2.05) is 37.4 Å². The third-order valence-electron chi connectivity index (χ3n) is 20.2. The second kappa shape index (κ2) is 24.2. The fraction of sp³-hybridized carbons (Fsp3) is 0.530. The number of H-pyrrole nitrogens is 1. The number of aliphatic hydroxyl groups is 1. The molecule has 8 heterocycles. The van der Waals surface area contributed by atoms with Gasteiger partial charge in [0.2, 0.25) is 5.88 Å². The molecule has 87 heavy (non-hydrogen) atoms. The van der Waals surface area contributed by atoms with Gasteiger partial charge in [0.1, 0.15) is 23.1 Å². The number of aromatic nitrogens is 3. The molecule has 6 aromatic rings. The van der Waals surface area contributed by atoms with E-state index in [0.717, 1.165) is 119 Å². The number of nitrogens with zero attached hydrogens (tertiary/aromatic N) is 7. The van der Waals surface area contributed by atoms with Crippen LogP contribution < -0.4 is 34.2 Å². The minimum absolute atomic E-state index is 0.111. The van der Waals surface area contributed by atoms with Crippen molar-refractivity contribution in [3.63, 3.8) is 0 Å². The third kappa shape index (κ3) is 12.1. The molecule has 3 aromatic heterocycles. The van der Waals surface area contributed by atoms with E-state index in [0.29, 0.717) is 99.1 Å². The molecule has 20 nitrogen and oxygen atoms in total. The van der Waals surface area contributed by atoms with Gasteiger partial charge in [-0.2, -0.15) is 4.98 Å². The summed E-state index contributed by atoms with van der Waals surface area (Å²) in [6, 6.07) is 25.0. The van der Waals surface area contributed by atoms with Crippen molar-refractivity contribution in [2.45, 2.75) is 138 Å². The summed E-state index contributed by atoms with van der Waals surface area (Å²) in [5.41, 5.74) is 6.12. The molecule has 2 aliphatic carbocycles. The molecule has 1 amide bonds. The first kappa shape index (κ1) is 59.0. The summed E-state index contributed by atoms with van der Waals surface area (Å²) in [6.07, 6.45) is 14.2. The van der Waals surface area contributed by atoms with Crippen molar-refractivity contribution in [2.24, 2.45) is 17.3 Å².